The van der Waals surface area contributed by atoms with Crippen LogP contribution in [0.1, 0.15) is 12.8 Å². The Morgan fingerprint density at radius 1 is 1.37 bits per heavy atom. The molecule has 1 aromatic carbocycles. The van der Waals surface area contributed by atoms with Crippen LogP contribution in [-0.2, 0) is 10.0 Å². The summed E-state index contributed by atoms with van der Waals surface area (Å²) in [6.07, 6.45) is 2.90. The number of nitrogens with one attached hydrogen (secondary N) is 1. The van der Waals surface area contributed by atoms with E-state index in [2.05, 4.69) is 17.9 Å². The Kier molecular flexibility index (Phi) is 4.76. The Labute approximate surface area is 120 Å². The van der Waals surface area contributed by atoms with Crippen molar-refractivity contribution in [3.63, 3.8) is 0 Å². The van der Waals surface area contributed by atoms with Gasteiger partial charge in [0.1, 0.15) is 0 Å². The molecule has 0 amide bonds. The van der Waals surface area contributed by atoms with Gasteiger partial charge in [0.25, 0.3) is 0 Å². The Morgan fingerprint density at radius 2 is 2.05 bits per heavy atom. The van der Waals surface area contributed by atoms with Crippen molar-refractivity contribution >= 4 is 28.3 Å². The van der Waals surface area contributed by atoms with Gasteiger partial charge in [-0.2, -0.15) is 16.9 Å². The molecule has 0 unspecified atom stereocenters. The number of anilines is 1. The highest BCUT2D eigenvalue weighted by Crippen LogP contribution is 2.26. The van der Waals surface area contributed by atoms with E-state index >= 15 is 0 Å². The summed E-state index contributed by atoms with van der Waals surface area (Å²) in [5, 5.41) is 3.46. The van der Waals surface area contributed by atoms with Crippen LogP contribution in [0.5, 0.6) is 0 Å². The van der Waals surface area contributed by atoms with Crippen molar-refractivity contribution in [2.24, 2.45) is 0 Å². The van der Waals surface area contributed by atoms with E-state index in [9.17, 15) is 8.42 Å². The maximum absolute atomic E-state index is 11.7. The highest BCUT2D eigenvalue weighted by atomic mass is 32.2. The van der Waals surface area contributed by atoms with Gasteiger partial charge in [-0.25, -0.2) is 8.42 Å². The van der Waals surface area contributed by atoms with E-state index in [1.165, 1.54) is 6.26 Å². The number of nitrogens with zero attached hydrogens (tertiary/aromatic N) is 1. The Morgan fingerprint density at radius 3 is 2.68 bits per heavy atom. The minimum atomic E-state index is -3.12. The van der Waals surface area contributed by atoms with Crippen LogP contribution in [0.2, 0.25) is 0 Å². The van der Waals surface area contributed by atoms with Crippen LogP contribution in [-0.4, -0.2) is 43.4 Å². The predicted molar refractivity (Wildman–Crippen MR) is 82.3 cm³/mol. The zero-order valence-corrected chi connectivity index (χ0v) is 12.7. The van der Waals surface area contributed by atoms with E-state index in [0.29, 0.717) is 6.54 Å². The third-order valence-corrected chi connectivity index (χ3v) is 5.02. The summed E-state index contributed by atoms with van der Waals surface area (Å²) in [5.41, 5.74) is 1.06. The molecule has 0 aromatic heterocycles. The number of rotatable bonds is 5. The van der Waals surface area contributed by atoms with Crippen molar-refractivity contribution in [3.05, 3.63) is 30.3 Å². The van der Waals surface area contributed by atoms with E-state index in [0.717, 1.165) is 25.1 Å². The Balaban J connectivity index is 1.88. The molecular weight excluding hydrogens is 280 g/mol. The van der Waals surface area contributed by atoms with Crippen LogP contribution in [0.15, 0.2) is 30.3 Å². The van der Waals surface area contributed by atoms with E-state index in [1.807, 2.05) is 30.3 Å². The molecule has 1 aromatic rings. The summed E-state index contributed by atoms with van der Waals surface area (Å²) in [4.78, 5) is 0. The van der Waals surface area contributed by atoms with Crippen LogP contribution in [0.3, 0.4) is 0 Å². The molecule has 2 atom stereocenters. The minimum absolute atomic E-state index is 0.0636. The molecule has 19 heavy (non-hydrogen) atoms. The first kappa shape index (κ1) is 14.7. The number of thiol groups is 1. The second kappa shape index (κ2) is 6.15. The van der Waals surface area contributed by atoms with E-state index in [-0.39, 0.29) is 11.3 Å². The van der Waals surface area contributed by atoms with Crippen LogP contribution < -0.4 is 5.32 Å². The molecule has 1 aliphatic rings. The van der Waals surface area contributed by atoms with Gasteiger partial charge < -0.3 is 5.32 Å². The van der Waals surface area contributed by atoms with E-state index in [1.54, 1.807) is 4.31 Å². The number of para-hydroxylation sites is 1. The molecule has 1 heterocycles. The fourth-order valence-corrected chi connectivity index (χ4v) is 4.18. The lowest BCUT2D eigenvalue weighted by molar-refractivity contribution is 0.379. The molecular formula is C13H20N2O2S2. The zero-order chi connectivity index (χ0) is 13.9. The van der Waals surface area contributed by atoms with Gasteiger partial charge >= 0.3 is 0 Å². The normalized spacial score (nSPS) is 24.5. The predicted octanol–water partition coefficient (Wildman–Crippen LogP) is 1.82. The van der Waals surface area contributed by atoms with Crippen molar-refractivity contribution in [2.45, 2.75) is 24.1 Å². The van der Waals surface area contributed by atoms with Gasteiger partial charge in [-0.3, -0.25) is 0 Å². The first-order valence-electron chi connectivity index (χ1n) is 6.40. The lowest BCUT2D eigenvalue weighted by Crippen LogP contribution is -2.36. The third kappa shape index (κ3) is 4.12. The molecule has 4 nitrogen and oxygen atoms in total. The molecule has 0 spiro atoms. The summed E-state index contributed by atoms with van der Waals surface area (Å²) in [6.45, 7) is 1.29. The van der Waals surface area contributed by atoms with Crippen molar-refractivity contribution in [1.29, 1.82) is 0 Å². The summed E-state index contributed by atoms with van der Waals surface area (Å²) < 4.78 is 25.0. The standard InChI is InChI=1S/C13H20N2O2S2/c1-19(16,17)15-10-13(18)9-12(15)7-8-14-11-5-3-2-4-6-11/h2-6,12-14,18H,7-10H2,1H3/t12-,13-/m1/s1. The van der Waals surface area contributed by atoms with Gasteiger partial charge in [0.05, 0.1) is 6.26 Å². The largest absolute Gasteiger partial charge is 0.385 e. The fourth-order valence-electron chi connectivity index (χ4n) is 2.47. The third-order valence-electron chi connectivity index (χ3n) is 3.35. The lowest BCUT2D eigenvalue weighted by Gasteiger charge is -2.22. The van der Waals surface area contributed by atoms with Crippen molar-refractivity contribution in [3.8, 4) is 0 Å². The summed E-state index contributed by atoms with van der Waals surface area (Å²) in [7, 11) is -3.12. The van der Waals surface area contributed by atoms with Crippen LogP contribution >= 0.6 is 12.6 Å². The average molecular weight is 300 g/mol. The first-order chi connectivity index (χ1) is 8.97. The van der Waals surface area contributed by atoms with Gasteiger partial charge in [0, 0.05) is 30.1 Å². The first-order valence-corrected chi connectivity index (χ1v) is 8.77. The number of benzene rings is 1. The van der Waals surface area contributed by atoms with Gasteiger partial charge in [-0.05, 0) is 25.0 Å². The van der Waals surface area contributed by atoms with Crippen molar-refractivity contribution in [1.82, 2.24) is 4.31 Å². The quantitative estimate of drug-likeness (QED) is 0.816. The topological polar surface area (TPSA) is 49.4 Å². The van der Waals surface area contributed by atoms with E-state index < -0.39 is 10.0 Å². The van der Waals surface area contributed by atoms with Gasteiger partial charge in [0.2, 0.25) is 10.0 Å². The van der Waals surface area contributed by atoms with Gasteiger partial charge in [0.15, 0.2) is 0 Å². The lowest BCUT2D eigenvalue weighted by atomic mass is 10.1. The molecule has 106 valence electrons. The monoisotopic (exact) mass is 300 g/mol. The molecule has 1 fully saturated rings. The highest BCUT2D eigenvalue weighted by Gasteiger charge is 2.35. The maximum atomic E-state index is 11.7. The van der Waals surface area contributed by atoms with Crippen LogP contribution in [0.4, 0.5) is 5.69 Å². The Hall–Kier alpha value is -0.720. The second-order valence-corrected chi connectivity index (χ2v) is 7.62. The van der Waals surface area contributed by atoms with Crippen molar-refractivity contribution in [2.75, 3.05) is 24.7 Å². The molecule has 0 aliphatic carbocycles. The van der Waals surface area contributed by atoms with Crippen LogP contribution in [0, 0.1) is 0 Å². The van der Waals surface area contributed by atoms with Gasteiger partial charge in [-0.15, -0.1) is 0 Å². The number of hydrogen-bond donors (Lipinski definition) is 2. The summed E-state index contributed by atoms with van der Waals surface area (Å²) in [6, 6.07) is 10.00. The summed E-state index contributed by atoms with van der Waals surface area (Å²) in [5.74, 6) is 0. The average Bonchev–Trinajstić information content (AvgIpc) is 2.72. The molecule has 2 rings (SSSR count). The molecule has 0 saturated carbocycles. The molecule has 0 radical (unpaired) electrons. The van der Waals surface area contributed by atoms with Crippen molar-refractivity contribution < 1.29 is 8.42 Å². The zero-order valence-electron chi connectivity index (χ0n) is 11.0. The van der Waals surface area contributed by atoms with E-state index in [4.69, 9.17) is 0 Å². The number of sulfonamides is 1. The SMILES string of the molecule is CS(=O)(=O)N1C[C@H](S)C[C@H]1CCNc1ccccc1. The highest BCUT2D eigenvalue weighted by molar-refractivity contribution is 7.88. The minimum Gasteiger partial charge on any atom is -0.385 e. The molecule has 6 heteroatoms. The fraction of sp³-hybridized carbons (Fsp3) is 0.538. The smallest absolute Gasteiger partial charge is 0.211 e. The summed E-state index contributed by atoms with van der Waals surface area (Å²) >= 11 is 4.41. The van der Waals surface area contributed by atoms with Gasteiger partial charge in [-0.1, -0.05) is 18.2 Å². The molecule has 0 bridgehead atoms. The second-order valence-electron chi connectivity index (χ2n) is 4.96. The molecule has 1 aliphatic heterocycles. The Bertz CT molecular complexity index is 505. The maximum Gasteiger partial charge on any atom is 0.211 e. The number of hydrogen-bond acceptors (Lipinski definition) is 4. The van der Waals surface area contributed by atoms with Crippen LogP contribution in [0.25, 0.3) is 0 Å². The molecule has 1 saturated heterocycles. The molecule has 1 N–H and O–H groups in total.